The van der Waals surface area contributed by atoms with Gasteiger partial charge in [-0.15, -0.1) is 21.5 Å². The zero-order chi connectivity index (χ0) is 16.0. The molecular formula is C14H9F3N4OS. The minimum Gasteiger partial charge on any atom is -0.484 e. The maximum Gasteiger partial charge on any atom is 0.416 e. The first-order valence-electron chi connectivity index (χ1n) is 6.70. The molecule has 0 fully saturated rings. The second kappa shape index (κ2) is 5.05. The molecule has 4 rings (SSSR count). The van der Waals surface area contributed by atoms with E-state index in [-0.39, 0.29) is 6.10 Å². The van der Waals surface area contributed by atoms with Crippen molar-refractivity contribution in [3.05, 3.63) is 45.6 Å². The number of aromatic amines is 1. The van der Waals surface area contributed by atoms with Crippen LogP contribution in [0.25, 0.3) is 11.4 Å². The van der Waals surface area contributed by atoms with E-state index in [1.807, 2.05) is 11.4 Å². The fourth-order valence-electron chi connectivity index (χ4n) is 2.51. The molecule has 5 nitrogen and oxygen atoms in total. The van der Waals surface area contributed by atoms with E-state index in [0.717, 1.165) is 22.6 Å². The third-order valence-electron chi connectivity index (χ3n) is 3.60. The molecule has 0 bridgehead atoms. The van der Waals surface area contributed by atoms with Crippen LogP contribution in [0, 0.1) is 0 Å². The lowest BCUT2D eigenvalue weighted by Gasteiger charge is -2.08. The number of rotatable bonds is 2. The van der Waals surface area contributed by atoms with Gasteiger partial charge in [0.15, 0.2) is 0 Å². The largest absolute Gasteiger partial charge is 0.484 e. The summed E-state index contributed by atoms with van der Waals surface area (Å²) >= 11 is 1.46. The quantitative estimate of drug-likeness (QED) is 0.775. The highest BCUT2D eigenvalue weighted by molar-refractivity contribution is 7.10. The molecule has 118 valence electrons. The second-order valence-electron chi connectivity index (χ2n) is 5.10. The molecule has 1 N–H and O–H groups in total. The molecule has 3 heterocycles. The minimum absolute atomic E-state index is 0.292. The molecule has 1 atom stereocenters. The number of aromatic nitrogens is 4. The zero-order valence-corrected chi connectivity index (χ0v) is 12.3. The molecule has 0 amide bonds. The predicted octanol–water partition coefficient (Wildman–Crippen LogP) is 3.62. The van der Waals surface area contributed by atoms with E-state index in [2.05, 4.69) is 20.6 Å². The summed E-state index contributed by atoms with van der Waals surface area (Å²) in [5.41, 5.74) is 0.716. The summed E-state index contributed by atoms with van der Waals surface area (Å²) < 4.78 is 44.1. The standard InChI is InChI=1S/C14H9F3N4OS/c15-14(16,17)9-1-2-10-7(3-9)4-11(22-10)12-5-8(6-23-12)13-18-20-21-19-13/h1-3,5-6,11H,4H2,(H,18,19,20,21). The van der Waals surface area contributed by atoms with Crippen LogP contribution in [0.1, 0.15) is 22.1 Å². The first-order valence-corrected chi connectivity index (χ1v) is 7.58. The summed E-state index contributed by atoms with van der Waals surface area (Å²) in [6.07, 6.45) is -4.23. The van der Waals surface area contributed by atoms with Crippen molar-refractivity contribution in [1.82, 2.24) is 20.6 Å². The molecule has 2 aromatic heterocycles. The molecular weight excluding hydrogens is 329 g/mol. The lowest BCUT2D eigenvalue weighted by atomic mass is 10.1. The van der Waals surface area contributed by atoms with Crippen LogP contribution in [0.15, 0.2) is 29.6 Å². The van der Waals surface area contributed by atoms with Gasteiger partial charge in [-0.2, -0.15) is 18.4 Å². The molecule has 0 spiro atoms. The number of thiophene rings is 1. The maximum absolute atomic E-state index is 12.8. The van der Waals surface area contributed by atoms with Gasteiger partial charge in [0, 0.05) is 22.2 Å². The Morgan fingerprint density at radius 3 is 2.87 bits per heavy atom. The third kappa shape index (κ3) is 2.56. The van der Waals surface area contributed by atoms with Crippen molar-refractivity contribution in [1.29, 1.82) is 0 Å². The summed E-state index contributed by atoms with van der Waals surface area (Å²) in [7, 11) is 0. The van der Waals surface area contributed by atoms with Crippen molar-refractivity contribution >= 4 is 11.3 Å². The smallest absolute Gasteiger partial charge is 0.416 e. The number of hydrogen-bond acceptors (Lipinski definition) is 5. The molecule has 3 aromatic rings. The van der Waals surface area contributed by atoms with Gasteiger partial charge in [-0.3, -0.25) is 0 Å². The van der Waals surface area contributed by atoms with Gasteiger partial charge in [0.05, 0.1) is 5.56 Å². The van der Waals surface area contributed by atoms with Crippen molar-refractivity contribution in [3.63, 3.8) is 0 Å². The van der Waals surface area contributed by atoms with Gasteiger partial charge in [0.25, 0.3) is 0 Å². The molecule has 1 aliphatic heterocycles. The first kappa shape index (κ1) is 14.2. The van der Waals surface area contributed by atoms with Crippen molar-refractivity contribution in [2.24, 2.45) is 0 Å². The van der Waals surface area contributed by atoms with E-state index in [4.69, 9.17) is 4.74 Å². The fourth-order valence-corrected chi connectivity index (χ4v) is 3.42. The Morgan fingerprint density at radius 1 is 1.26 bits per heavy atom. The topological polar surface area (TPSA) is 63.7 Å². The number of fused-ring (bicyclic) bond motifs is 1. The van der Waals surface area contributed by atoms with Crippen molar-refractivity contribution in [2.45, 2.75) is 18.7 Å². The van der Waals surface area contributed by atoms with Gasteiger partial charge in [0.2, 0.25) is 5.82 Å². The molecule has 0 aliphatic carbocycles. The summed E-state index contributed by atoms with van der Waals surface area (Å²) in [4.78, 5) is 0.912. The molecule has 1 aliphatic rings. The maximum atomic E-state index is 12.8. The molecule has 9 heteroatoms. The molecule has 1 aromatic carbocycles. The van der Waals surface area contributed by atoms with Crippen LogP contribution in [0.2, 0.25) is 0 Å². The van der Waals surface area contributed by atoms with Gasteiger partial charge in [-0.25, -0.2) is 0 Å². The van der Waals surface area contributed by atoms with Gasteiger partial charge < -0.3 is 4.74 Å². The van der Waals surface area contributed by atoms with Gasteiger partial charge in [-0.05, 0) is 35.0 Å². The van der Waals surface area contributed by atoms with E-state index >= 15 is 0 Å². The highest BCUT2D eigenvalue weighted by atomic mass is 32.1. The van der Waals surface area contributed by atoms with Crippen LogP contribution in [0.5, 0.6) is 5.75 Å². The Bertz CT molecular complexity index is 844. The highest BCUT2D eigenvalue weighted by Gasteiger charge is 2.33. The van der Waals surface area contributed by atoms with Crippen molar-refractivity contribution in [2.75, 3.05) is 0 Å². The summed E-state index contributed by atoms with van der Waals surface area (Å²) in [5, 5.41) is 15.5. The van der Waals surface area contributed by atoms with E-state index in [1.165, 1.54) is 17.4 Å². The monoisotopic (exact) mass is 338 g/mol. The molecule has 0 saturated carbocycles. The van der Waals surface area contributed by atoms with Gasteiger partial charge in [-0.1, -0.05) is 0 Å². The highest BCUT2D eigenvalue weighted by Crippen LogP contribution is 2.42. The van der Waals surface area contributed by atoms with Crippen LogP contribution >= 0.6 is 11.3 Å². The van der Waals surface area contributed by atoms with Crippen LogP contribution in [0.3, 0.4) is 0 Å². The number of H-pyrrole nitrogens is 1. The van der Waals surface area contributed by atoms with Crippen molar-refractivity contribution < 1.29 is 17.9 Å². The molecule has 1 unspecified atom stereocenters. The third-order valence-corrected chi connectivity index (χ3v) is 4.63. The SMILES string of the molecule is FC(F)(F)c1ccc2c(c1)CC(c1cc(-c3nn[nH]n3)cs1)O2. The fraction of sp³-hybridized carbons (Fsp3) is 0.214. The van der Waals surface area contributed by atoms with E-state index < -0.39 is 11.7 Å². The van der Waals surface area contributed by atoms with Crippen LogP contribution in [-0.4, -0.2) is 20.6 Å². The summed E-state index contributed by atoms with van der Waals surface area (Å²) in [6.45, 7) is 0. The second-order valence-corrected chi connectivity index (χ2v) is 6.05. The summed E-state index contributed by atoms with van der Waals surface area (Å²) in [5.74, 6) is 0.972. The zero-order valence-electron chi connectivity index (χ0n) is 11.5. The van der Waals surface area contributed by atoms with E-state index in [9.17, 15) is 13.2 Å². The van der Waals surface area contributed by atoms with Crippen LogP contribution < -0.4 is 4.74 Å². The van der Waals surface area contributed by atoms with Crippen LogP contribution in [0.4, 0.5) is 13.2 Å². The molecule has 0 saturated heterocycles. The lowest BCUT2D eigenvalue weighted by Crippen LogP contribution is -2.04. The normalized spacial score (nSPS) is 17.1. The minimum atomic E-state index is -4.35. The Labute approximate surface area is 132 Å². The number of nitrogens with zero attached hydrogens (tertiary/aromatic N) is 3. The Kier molecular flexibility index (Phi) is 3.12. The molecule has 23 heavy (non-hydrogen) atoms. The number of nitrogens with one attached hydrogen (secondary N) is 1. The van der Waals surface area contributed by atoms with Crippen LogP contribution in [-0.2, 0) is 12.6 Å². The number of benzene rings is 1. The average molecular weight is 338 g/mol. The Balaban J connectivity index is 1.59. The number of tetrazole rings is 1. The average Bonchev–Trinajstić information content (AvgIpc) is 3.24. The number of hydrogen-bond donors (Lipinski definition) is 1. The number of ether oxygens (including phenoxy) is 1. The number of alkyl halides is 3. The van der Waals surface area contributed by atoms with Gasteiger partial charge >= 0.3 is 6.18 Å². The first-order chi connectivity index (χ1) is 11.0. The van der Waals surface area contributed by atoms with Crippen molar-refractivity contribution in [3.8, 4) is 17.1 Å². The number of halogens is 3. The predicted molar refractivity (Wildman–Crippen MR) is 76.0 cm³/mol. The van der Waals surface area contributed by atoms with Gasteiger partial charge in [0.1, 0.15) is 11.9 Å². The Morgan fingerprint density at radius 2 is 2.13 bits per heavy atom. The molecule has 0 radical (unpaired) electrons. The Hall–Kier alpha value is -2.42. The summed E-state index contributed by atoms with van der Waals surface area (Å²) in [6, 6.07) is 5.45. The van der Waals surface area contributed by atoms with E-state index in [1.54, 1.807) is 0 Å². The van der Waals surface area contributed by atoms with E-state index in [0.29, 0.717) is 23.6 Å². The lowest BCUT2D eigenvalue weighted by molar-refractivity contribution is -0.137.